The molecule has 0 aliphatic carbocycles. The van der Waals surface area contributed by atoms with E-state index >= 15 is 0 Å². The van der Waals surface area contributed by atoms with E-state index in [1.807, 2.05) is 24.3 Å². The van der Waals surface area contributed by atoms with Gasteiger partial charge in [0.2, 0.25) is 0 Å². The lowest BCUT2D eigenvalue weighted by Crippen LogP contribution is -2.21. The largest absolute Gasteiger partial charge is 0.490 e. The second kappa shape index (κ2) is 6.81. The molecule has 0 fully saturated rings. The highest BCUT2D eigenvalue weighted by atomic mass is 32.2. The molecule has 0 saturated heterocycles. The Bertz CT molecular complexity index is 944. The molecule has 1 amide bonds. The molecule has 5 rings (SSSR count). The molecule has 2 aromatic carbocycles. The van der Waals surface area contributed by atoms with Gasteiger partial charge in [0.15, 0.2) is 16.7 Å². The molecule has 0 unspecified atom stereocenters. The Morgan fingerprint density at radius 1 is 1.07 bits per heavy atom. The topological polar surface area (TPSA) is 63.2 Å². The first-order valence-corrected chi connectivity index (χ1v) is 9.94. The van der Waals surface area contributed by atoms with Crippen molar-refractivity contribution < 1.29 is 14.3 Å². The minimum atomic E-state index is -0.163. The SMILES string of the molecule is O=C(Nc1ccc2c(c1)N1CCN=C1S2)c1ccc2c(c1)OCCCCO2. The highest BCUT2D eigenvalue weighted by Gasteiger charge is 2.29. The van der Waals surface area contributed by atoms with Gasteiger partial charge >= 0.3 is 0 Å². The number of nitrogens with one attached hydrogen (secondary N) is 1. The zero-order chi connectivity index (χ0) is 18.2. The zero-order valence-corrected chi connectivity index (χ0v) is 15.6. The van der Waals surface area contributed by atoms with Crippen molar-refractivity contribution >= 4 is 34.2 Å². The summed E-state index contributed by atoms with van der Waals surface area (Å²) in [6.07, 6.45) is 1.92. The van der Waals surface area contributed by atoms with Crippen molar-refractivity contribution in [2.45, 2.75) is 17.7 Å². The molecule has 6 nitrogen and oxygen atoms in total. The summed E-state index contributed by atoms with van der Waals surface area (Å²) in [6.45, 7) is 3.05. The fraction of sp³-hybridized carbons (Fsp3) is 0.300. The van der Waals surface area contributed by atoms with E-state index in [0.717, 1.165) is 42.5 Å². The van der Waals surface area contributed by atoms with Crippen LogP contribution >= 0.6 is 11.8 Å². The van der Waals surface area contributed by atoms with Crippen LogP contribution in [0.3, 0.4) is 0 Å². The Morgan fingerprint density at radius 2 is 1.93 bits per heavy atom. The molecule has 0 atom stereocenters. The minimum absolute atomic E-state index is 0.163. The third-order valence-electron chi connectivity index (χ3n) is 4.77. The fourth-order valence-electron chi connectivity index (χ4n) is 3.38. The van der Waals surface area contributed by atoms with Gasteiger partial charge in [-0.2, -0.15) is 0 Å². The average Bonchev–Trinajstić information content (AvgIpc) is 3.23. The summed E-state index contributed by atoms with van der Waals surface area (Å²) >= 11 is 1.68. The van der Waals surface area contributed by atoms with E-state index in [9.17, 15) is 4.79 Å². The number of carbonyl (C=O) groups is 1. The number of benzene rings is 2. The Hall–Kier alpha value is -2.67. The lowest BCUT2D eigenvalue weighted by atomic mass is 10.1. The van der Waals surface area contributed by atoms with Crippen LogP contribution in [-0.2, 0) is 0 Å². The number of rotatable bonds is 2. The number of hydrogen-bond acceptors (Lipinski definition) is 6. The van der Waals surface area contributed by atoms with Crippen LogP contribution in [0.2, 0.25) is 0 Å². The molecule has 0 bridgehead atoms. The highest BCUT2D eigenvalue weighted by molar-refractivity contribution is 8.14. The molecule has 3 aliphatic heterocycles. The Labute approximate surface area is 161 Å². The van der Waals surface area contributed by atoms with E-state index in [1.54, 1.807) is 23.9 Å². The number of hydrogen-bond donors (Lipinski definition) is 1. The first-order chi connectivity index (χ1) is 13.3. The molecule has 7 heteroatoms. The van der Waals surface area contributed by atoms with Crippen LogP contribution in [0.25, 0.3) is 0 Å². The second-order valence-corrected chi connectivity index (χ2v) is 7.63. The van der Waals surface area contributed by atoms with E-state index in [1.165, 1.54) is 4.90 Å². The van der Waals surface area contributed by atoms with Crippen molar-refractivity contribution in [1.29, 1.82) is 0 Å². The molecular formula is C20H19N3O3S. The van der Waals surface area contributed by atoms with Crippen molar-refractivity contribution in [2.24, 2.45) is 4.99 Å². The maximum atomic E-state index is 12.7. The van der Waals surface area contributed by atoms with Crippen molar-refractivity contribution in [3.05, 3.63) is 42.0 Å². The Morgan fingerprint density at radius 3 is 2.81 bits per heavy atom. The maximum Gasteiger partial charge on any atom is 0.255 e. The van der Waals surface area contributed by atoms with E-state index < -0.39 is 0 Å². The third kappa shape index (κ3) is 3.12. The number of ether oxygens (including phenoxy) is 2. The summed E-state index contributed by atoms with van der Waals surface area (Å²) in [7, 11) is 0. The molecule has 3 aliphatic rings. The van der Waals surface area contributed by atoms with Crippen LogP contribution < -0.4 is 19.7 Å². The minimum Gasteiger partial charge on any atom is -0.490 e. The van der Waals surface area contributed by atoms with Crippen LogP contribution in [0, 0.1) is 0 Å². The summed E-state index contributed by atoms with van der Waals surface area (Å²) in [5, 5.41) is 4.04. The molecular weight excluding hydrogens is 362 g/mol. The first-order valence-electron chi connectivity index (χ1n) is 9.13. The third-order valence-corrected chi connectivity index (χ3v) is 5.87. The van der Waals surface area contributed by atoms with Gasteiger partial charge in [-0.15, -0.1) is 0 Å². The van der Waals surface area contributed by atoms with Crippen molar-refractivity contribution in [3.63, 3.8) is 0 Å². The number of carbonyl (C=O) groups excluding carboxylic acids is 1. The van der Waals surface area contributed by atoms with E-state index in [2.05, 4.69) is 15.2 Å². The van der Waals surface area contributed by atoms with Crippen molar-refractivity contribution in [2.75, 3.05) is 36.5 Å². The molecule has 0 saturated carbocycles. The van der Waals surface area contributed by atoms with Gasteiger partial charge < -0.3 is 19.7 Å². The Balaban J connectivity index is 1.36. The molecule has 0 radical (unpaired) electrons. The second-order valence-electron chi connectivity index (χ2n) is 6.62. The van der Waals surface area contributed by atoms with Crippen LogP contribution in [0.1, 0.15) is 23.2 Å². The number of fused-ring (bicyclic) bond motifs is 4. The van der Waals surface area contributed by atoms with Crippen LogP contribution in [0.5, 0.6) is 11.5 Å². The average molecular weight is 381 g/mol. The van der Waals surface area contributed by atoms with Gasteiger partial charge in [-0.1, -0.05) is 0 Å². The quantitative estimate of drug-likeness (QED) is 0.858. The van der Waals surface area contributed by atoms with Crippen molar-refractivity contribution in [3.8, 4) is 11.5 Å². The van der Waals surface area contributed by atoms with Crippen LogP contribution in [0.15, 0.2) is 46.3 Å². The maximum absolute atomic E-state index is 12.7. The lowest BCUT2D eigenvalue weighted by Gasteiger charge is -2.17. The monoisotopic (exact) mass is 381 g/mol. The Kier molecular flexibility index (Phi) is 4.16. The van der Waals surface area contributed by atoms with Gasteiger partial charge in [0.1, 0.15) is 0 Å². The normalized spacial score (nSPS) is 17.5. The van der Waals surface area contributed by atoms with Crippen LogP contribution in [-0.4, -0.2) is 37.4 Å². The molecule has 0 spiro atoms. The highest BCUT2D eigenvalue weighted by Crippen LogP contribution is 2.43. The van der Waals surface area contributed by atoms with E-state index in [4.69, 9.17) is 9.47 Å². The number of amidine groups is 1. The number of thioether (sulfide) groups is 1. The lowest BCUT2D eigenvalue weighted by molar-refractivity contribution is 0.102. The van der Waals surface area contributed by atoms with Gasteiger partial charge in [0.25, 0.3) is 5.91 Å². The standard InChI is InChI=1S/C20H19N3O3S/c24-19(13-3-5-16-17(11-13)26-10-2-1-9-25-16)22-14-4-6-18-15(12-14)23-8-7-21-20(23)27-18/h3-6,11-12H,1-2,7-10H2,(H,22,24). The van der Waals surface area contributed by atoms with Gasteiger partial charge in [0.05, 0.1) is 25.4 Å². The summed E-state index contributed by atoms with van der Waals surface area (Å²) in [6, 6.07) is 11.3. The molecule has 0 aromatic heterocycles. The smallest absolute Gasteiger partial charge is 0.255 e. The first kappa shape index (κ1) is 16.5. The van der Waals surface area contributed by atoms with Gasteiger partial charge in [0, 0.05) is 22.7 Å². The molecule has 2 aromatic rings. The molecule has 1 N–H and O–H groups in total. The summed E-state index contributed by atoms with van der Waals surface area (Å²) in [5.41, 5.74) is 2.44. The van der Waals surface area contributed by atoms with Crippen LogP contribution in [0.4, 0.5) is 11.4 Å². The van der Waals surface area contributed by atoms with Gasteiger partial charge in [-0.25, -0.2) is 0 Å². The fourth-order valence-corrected chi connectivity index (χ4v) is 4.44. The van der Waals surface area contributed by atoms with E-state index in [0.29, 0.717) is 30.3 Å². The molecule has 138 valence electrons. The summed E-state index contributed by atoms with van der Waals surface area (Å²) in [5.74, 6) is 1.16. The predicted molar refractivity (Wildman–Crippen MR) is 107 cm³/mol. The van der Waals surface area contributed by atoms with Gasteiger partial charge in [-0.05, 0) is 61.0 Å². The number of nitrogens with zero attached hydrogens (tertiary/aromatic N) is 2. The van der Waals surface area contributed by atoms with Crippen molar-refractivity contribution in [1.82, 2.24) is 0 Å². The van der Waals surface area contributed by atoms with Gasteiger partial charge in [-0.3, -0.25) is 9.79 Å². The number of anilines is 2. The summed E-state index contributed by atoms with van der Waals surface area (Å²) < 4.78 is 11.4. The number of amides is 1. The molecule has 3 heterocycles. The number of aliphatic imine (C=N–C) groups is 1. The van der Waals surface area contributed by atoms with E-state index in [-0.39, 0.29) is 5.91 Å². The predicted octanol–water partition coefficient (Wildman–Crippen LogP) is 3.77. The molecule has 27 heavy (non-hydrogen) atoms. The zero-order valence-electron chi connectivity index (χ0n) is 14.7. The summed E-state index contributed by atoms with van der Waals surface area (Å²) in [4.78, 5) is 20.6.